The van der Waals surface area contributed by atoms with Gasteiger partial charge < -0.3 is 14.7 Å². The zero-order chi connectivity index (χ0) is 13.7. The van der Waals surface area contributed by atoms with Crippen molar-refractivity contribution < 1.29 is 9.84 Å². The largest absolute Gasteiger partial charge is 0.497 e. The van der Waals surface area contributed by atoms with Crippen LogP contribution in [0.1, 0.15) is 37.9 Å². The van der Waals surface area contributed by atoms with Gasteiger partial charge in [0.15, 0.2) is 0 Å². The highest BCUT2D eigenvalue weighted by Crippen LogP contribution is 2.27. The van der Waals surface area contributed by atoms with Crippen molar-refractivity contribution in [1.82, 2.24) is 4.90 Å². The average Bonchev–Trinajstić information content (AvgIpc) is 2.41. The zero-order valence-electron chi connectivity index (χ0n) is 12.0. The summed E-state index contributed by atoms with van der Waals surface area (Å²) in [5.74, 6) is 1.68. The van der Waals surface area contributed by atoms with E-state index in [0.29, 0.717) is 0 Å². The van der Waals surface area contributed by atoms with E-state index in [2.05, 4.69) is 11.8 Å². The minimum atomic E-state index is -0.411. The van der Waals surface area contributed by atoms with Gasteiger partial charge in [-0.05, 0) is 43.0 Å². The van der Waals surface area contributed by atoms with Crippen molar-refractivity contribution in [3.8, 4) is 5.75 Å². The van der Waals surface area contributed by atoms with Crippen LogP contribution in [0.25, 0.3) is 0 Å². The molecule has 1 aromatic carbocycles. The van der Waals surface area contributed by atoms with Gasteiger partial charge in [-0.2, -0.15) is 0 Å². The lowest BCUT2D eigenvalue weighted by atomic mass is 9.85. The summed E-state index contributed by atoms with van der Waals surface area (Å²) in [6, 6.07) is 7.70. The van der Waals surface area contributed by atoms with Crippen molar-refractivity contribution in [2.45, 2.75) is 32.3 Å². The highest BCUT2D eigenvalue weighted by atomic mass is 16.5. The first-order valence-corrected chi connectivity index (χ1v) is 7.27. The van der Waals surface area contributed by atoms with Crippen LogP contribution in [-0.4, -0.2) is 36.8 Å². The lowest BCUT2D eigenvalue weighted by molar-refractivity contribution is 0.0941. The van der Waals surface area contributed by atoms with Gasteiger partial charge >= 0.3 is 0 Å². The summed E-state index contributed by atoms with van der Waals surface area (Å²) in [4.78, 5) is 2.36. The molecule has 1 unspecified atom stereocenters. The number of hydrogen-bond donors (Lipinski definition) is 1. The van der Waals surface area contributed by atoms with Gasteiger partial charge in [0.25, 0.3) is 0 Å². The fourth-order valence-corrected chi connectivity index (χ4v) is 2.55. The Bertz CT molecular complexity index is 373. The zero-order valence-corrected chi connectivity index (χ0v) is 12.0. The molecule has 3 nitrogen and oxygen atoms in total. The van der Waals surface area contributed by atoms with Crippen LogP contribution in [0, 0.1) is 5.92 Å². The molecule has 0 amide bonds. The molecule has 106 valence electrons. The van der Waals surface area contributed by atoms with E-state index in [1.54, 1.807) is 7.11 Å². The standard InChI is InChI=1S/C16H25NO2/c1-3-17(11-13-5-4-6-13)12-16(18)14-7-9-15(19-2)10-8-14/h7-10,13,16,18H,3-6,11-12H2,1-2H3. The summed E-state index contributed by atoms with van der Waals surface area (Å²) in [6.07, 6.45) is 3.68. The van der Waals surface area contributed by atoms with E-state index < -0.39 is 6.10 Å². The monoisotopic (exact) mass is 263 g/mol. The molecule has 3 heteroatoms. The van der Waals surface area contributed by atoms with Gasteiger partial charge in [-0.25, -0.2) is 0 Å². The molecule has 0 aliphatic heterocycles. The Labute approximate surface area is 116 Å². The molecule has 1 aliphatic carbocycles. The van der Waals surface area contributed by atoms with Crippen LogP contribution in [-0.2, 0) is 0 Å². The van der Waals surface area contributed by atoms with Crippen molar-refractivity contribution in [3.05, 3.63) is 29.8 Å². The minimum Gasteiger partial charge on any atom is -0.497 e. The Kier molecular flexibility index (Phi) is 5.23. The number of aliphatic hydroxyl groups excluding tert-OH is 1. The summed E-state index contributed by atoms with van der Waals surface area (Å²) in [5.41, 5.74) is 0.966. The van der Waals surface area contributed by atoms with Crippen molar-refractivity contribution in [3.63, 3.8) is 0 Å². The van der Waals surface area contributed by atoms with Crippen molar-refractivity contribution in [1.29, 1.82) is 0 Å². The van der Waals surface area contributed by atoms with E-state index in [1.807, 2.05) is 24.3 Å². The third-order valence-corrected chi connectivity index (χ3v) is 4.12. The van der Waals surface area contributed by atoms with Gasteiger partial charge in [-0.1, -0.05) is 25.5 Å². The Morgan fingerprint density at radius 1 is 1.32 bits per heavy atom. The van der Waals surface area contributed by atoms with E-state index >= 15 is 0 Å². The Balaban J connectivity index is 1.87. The fraction of sp³-hybridized carbons (Fsp3) is 0.625. The van der Waals surface area contributed by atoms with Crippen molar-refractivity contribution in [2.24, 2.45) is 5.92 Å². The van der Waals surface area contributed by atoms with Gasteiger partial charge in [0, 0.05) is 13.1 Å². The molecule has 2 rings (SSSR count). The molecule has 0 heterocycles. The van der Waals surface area contributed by atoms with E-state index in [1.165, 1.54) is 19.3 Å². The molecular weight excluding hydrogens is 238 g/mol. The number of likely N-dealkylation sites (N-methyl/N-ethyl adjacent to an activating group) is 1. The molecule has 1 aromatic rings. The number of rotatable bonds is 7. The van der Waals surface area contributed by atoms with E-state index in [9.17, 15) is 5.11 Å². The molecule has 1 aliphatic rings. The SMILES string of the molecule is CCN(CC1CCC1)CC(O)c1ccc(OC)cc1. The molecule has 0 radical (unpaired) electrons. The highest BCUT2D eigenvalue weighted by Gasteiger charge is 2.21. The van der Waals surface area contributed by atoms with Gasteiger partial charge in [-0.15, -0.1) is 0 Å². The van der Waals surface area contributed by atoms with Crippen LogP contribution < -0.4 is 4.74 Å². The van der Waals surface area contributed by atoms with Crippen LogP contribution in [0.5, 0.6) is 5.75 Å². The van der Waals surface area contributed by atoms with Crippen LogP contribution in [0.15, 0.2) is 24.3 Å². The number of aliphatic hydroxyl groups is 1. The molecule has 1 N–H and O–H groups in total. The predicted octanol–water partition coefficient (Wildman–Crippen LogP) is 2.85. The first kappa shape index (κ1) is 14.4. The van der Waals surface area contributed by atoms with Gasteiger partial charge in [0.05, 0.1) is 13.2 Å². The fourth-order valence-electron chi connectivity index (χ4n) is 2.55. The van der Waals surface area contributed by atoms with Crippen LogP contribution in [0.4, 0.5) is 0 Å². The van der Waals surface area contributed by atoms with Crippen LogP contribution in [0.3, 0.4) is 0 Å². The van der Waals surface area contributed by atoms with Crippen molar-refractivity contribution >= 4 is 0 Å². The molecule has 19 heavy (non-hydrogen) atoms. The summed E-state index contributed by atoms with van der Waals surface area (Å²) in [5, 5.41) is 10.3. The maximum atomic E-state index is 10.3. The summed E-state index contributed by atoms with van der Waals surface area (Å²) < 4.78 is 5.13. The molecular formula is C16H25NO2. The van der Waals surface area contributed by atoms with Gasteiger partial charge in [0.1, 0.15) is 5.75 Å². The average molecular weight is 263 g/mol. The molecule has 1 saturated carbocycles. The number of methoxy groups -OCH3 is 1. The quantitative estimate of drug-likeness (QED) is 0.821. The second-order valence-electron chi connectivity index (χ2n) is 5.44. The Hall–Kier alpha value is -1.06. The summed E-state index contributed by atoms with van der Waals surface area (Å²) in [7, 11) is 1.66. The van der Waals surface area contributed by atoms with E-state index in [4.69, 9.17) is 4.74 Å². The molecule has 0 bridgehead atoms. The Morgan fingerprint density at radius 3 is 2.47 bits per heavy atom. The normalized spacial score (nSPS) is 17.3. The number of benzene rings is 1. The highest BCUT2D eigenvalue weighted by molar-refractivity contribution is 5.28. The third kappa shape index (κ3) is 3.95. The number of hydrogen-bond acceptors (Lipinski definition) is 3. The molecule has 0 spiro atoms. The number of ether oxygens (including phenoxy) is 1. The van der Waals surface area contributed by atoms with E-state index in [0.717, 1.165) is 36.9 Å². The van der Waals surface area contributed by atoms with Crippen LogP contribution >= 0.6 is 0 Å². The van der Waals surface area contributed by atoms with Crippen LogP contribution in [0.2, 0.25) is 0 Å². The first-order valence-electron chi connectivity index (χ1n) is 7.27. The summed E-state index contributed by atoms with van der Waals surface area (Å²) in [6.45, 7) is 5.02. The van der Waals surface area contributed by atoms with E-state index in [-0.39, 0.29) is 0 Å². The first-order chi connectivity index (χ1) is 9.22. The van der Waals surface area contributed by atoms with Crippen molar-refractivity contribution in [2.75, 3.05) is 26.7 Å². The maximum Gasteiger partial charge on any atom is 0.118 e. The maximum absolute atomic E-state index is 10.3. The van der Waals surface area contributed by atoms with Gasteiger partial charge in [-0.3, -0.25) is 0 Å². The van der Waals surface area contributed by atoms with Gasteiger partial charge in [0.2, 0.25) is 0 Å². The number of nitrogens with zero attached hydrogens (tertiary/aromatic N) is 1. The second kappa shape index (κ2) is 6.92. The Morgan fingerprint density at radius 2 is 2.00 bits per heavy atom. The molecule has 1 atom stereocenters. The smallest absolute Gasteiger partial charge is 0.118 e. The molecule has 0 saturated heterocycles. The molecule has 1 fully saturated rings. The summed E-state index contributed by atoms with van der Waals surface area (Å²) >= 11 is 0. The predicted molar refractivity (Wildman–Crippen MR) is 77.4 cm³/mol. The lowest BCUT2D eigenvalue weighted by Gasteiger charge is -2.32. The third-order valence-electron chi connectivity index (χ3n) is 4.12. The lowest BCUT2D eigenvalue weighted by Crippen LogP contribution is -2.35. The topological polar surface area (TPSA) is 32.7 Å². The molecule has 0 aromatic heterocycles. The minimum absolute atomic E-state index is 0.411. The second-order valence-corrected chi connectivity index (χ2v) is 5.44.